The van der Waals surface area contributed by atoms with Gasteiger partial charge < -0.3 is 10.7 Å². The van der Waals surface area contributed by atoms with Crippen LogP contribution in [0.1, 0.15) is 55.7 Å². The normalized spacial score (nSPS) is 32.0. The number of imide groups is 1. The molecular formula is C23H24N3O2P. The maximum Gasteiger partial charge on any atom is 0.322 e. The minimum atomic E-state index is -1.09. The highest BCUT2D eigenvalue weighted by Crippen LogP contribution is 2.59. The number of carbonyl (C=O) groups excluding carboxylic acids is 2. The van der Waals surface area contributed by atoms with Crippen molar-refractivity contribution in [2.24, 2.45) is 11.3 Å². The van der Waals surface area contributed by atoms with Crippen LogP contribution in [0.2, 0.25) is 0 Å². The highest BCUT2D eigenvalue weighted by atomic mass is 31.0. The lowest BCUT2D eigenvalue weighted by Gasteiger charge is -2.45. The van der Waals surface area contributed by atoms with Crippen molar-refractivity contribution in [1.82, 2.24) is 10.6 Å². The third-order valence-electron chi connectivity index (χ3n) is 6.91. The molecule has 6 heteroatoms. The Morgan fingerprint density at radius 3 is 2.72 bits per heavy atom. The van der Waals surface area contributed by atoms with Crippen LogP contribution in [0.25, 0.3) is 0 Å². The molecule has 1 aromatic carbocycles. The average molecular weight is 405 g/mol. The van der Waals surface area contributed by atoms with Gasteiger partial charge in [0.05, 0.1) is 0 Å². The largest absolute Gasteiger partial charge is 0.322 e. The molecule has 3 unspecified atom stereocenters. The Labute approximate surface area is 172 Å². The van der Waals surface area contributed by atoms with Crippen molar-refractivity contribution in [2.75, 3.05) is 0 Å². The molecule has 3 aliphatic carbocycles. The van der Waals surface area contributed by atoms with E-state index >= 15 is 0 Å². The van der Waals surface area contributed by atoms with Crippen LogP contribution in [-0.2, 0) is 16.8 Å². The zero-order chi connectivity index (χ0) is 20.4. The average Bonchev–Trinajstić information content (AvgIpc) is 3.41. The van der Waals surface area contributed by atoms with Gasteiger partial charge in [-0.1, -0.05) is 23.2 Å². The molecular weight excluding hydrogens is 381 g/mol. The van der Waals surface area contributed by atoms with Gasteiger partial charge in [-0.05, 0) is 74.3 Å². The molecule has 0 bridgehead atoms. The first-order chi connectivity index (χ1) is 13.8. The summed E-state index contributed by atoms with van der Waals surface area (Å²) >= 11 is 0. The van der Waals surface area contributed by atoms with Crippen molar-refractivity contribution >= 4 is 26.9 Å². The molecule has 2 saturated carbocycles. The first-order valence-electron chi connectivity index (χ1n) is 10.2. The summed E-state index contributed by atoms with van der Waals surface area (Å²) in [7, 11) is 2.70. The van der Waals surface area contributed by atoms with Gasteiger partial charge >= 0.3 is 6.03 Å². The lowest BCUT2D eigenvalue weighted by molar-refractivity contribution is -0.129. The molecule has 3 amide bonds. The third kappa shape index (κ3) is 2.69. The van der Waals surface area contributed by atoms with E-state index in [-0.39, 0.29) is 5.91 Å². The minimum Gasteiger partial charge on any atom is -0.319 e. The Balaban J connectivity index is 1.66. The van der Waals surface area contributed by atoms with E-state index in [2.05, 4.69) is 37.8 Å². The standard InChI is InChI=1S/C23H24N3O2P/c1-13(29)17-12-22(9-8-19(17)24)11-16-7-6-15(5-4-14-2-3-14)10-18(16)23(22)20(27)25-21(28)26-23/h6-7,10,14,24H,2-3,8-9,11-12,29H2,1H3,(H2,25,26,27,28). The van der Waals surface area contributed by atoms with Gasteiger partial charge in [-0.15, -0.1) is 9.24 Å². The fraction of sp³-hybridized carbons (Fsp3) is 0.435. The summed E-state index contributed by atoms with van der Waals surface area (Å²) in [5.74, 6) is 6.76. The van der Waals surface area contributed by atoms with E-state index in [4.69, 9.17) is 5.41 Å². The topological polar surface area (TPSA) is 82.1 Å². The summed E-state index contributed by atoms with van der Waals surface area (Å²) in [4.78, 5) is 25.6. The van der Waals surface area contributed by atoms with Crippen LogP contribution >= 0.6 is 9.24 Å². The number of hydrogen-bond acceptors (Lipinski definition) is 3. The van der Waals surface area contributed by atoms with E-state index in [1.54, 1.807) is 0 Å². The van der Waals surface area contributed by atoms with Crippen LogP contribution in [-0.4, -0.2) is 17.6 Å². The molecule has 1 heterocycles. The monoisotopic (exact) mass is 405 g/mol. The smallest absolute Gasteiger partial charge is 0.319 e. The number of hydrogen-bond donors (Lipinski definition) is 3. The number of rotatable bonds is 0. The third-order valence-corrected chi connectivity index (χ3v) is 7.26. The van der Waals surface area contributed by atoms with Crippen molar-refractivity contribution in [2.45, 2.75) is 51.0 Å². The van der Waals surface area contributed by atoms with Crippen molar-refractivity contribution < 1.29 is 9.59 Å². The lowest BCUT2D eigenvalue weighted by atomic mass is 9.60. The number of allylic oxidation sites excluding steroid dienone is 2. The Morgan fingerprint density at radius 1 is 1.28 bits per heavy atom. The number of benzene rings is 1. The summed E-state index contributed by atoms with van der Waals surface area (Å²) in [5.41, 5.74) is 2.91. The molecule has 1 aromatic rings. The molecule has 29 heavy (non-hydrogen) atoms. The highest BCUT2D eigenvalue weighted by molar-refractivity contribution is 7.22. The van der Waals surface area contributed by atoms with Crippen molar-refractivity contribution in [1.29, 1.82) is 5.41 Å². The zero-order valence-corrected chi connectivity index (χ0v) is 17.6. The lowest BCUT2D eigenvalue weighted by Crippen LogP contribution is -2.56. The molecule has 5 nitrogen and oxygen atoms in total. The maximum atomic E-state index is 13.3. The SMILES string of the molecule is CC(P)=C1CC2(CCC1=N)Cc1ccc(C#CC3CC3)cc1C21NC(=O)NC1=O. The highest BCUT2D eigenvalue weighted by Gasteiger charge is 2.66. The van der Waals surface area contributed by atoms with E-state index in [1.807, 2.05) is 19.1 Å². The van der Waals surface area contributed by atoms with Gasteiger partial charge in [0.1, 0.15) is 0 Å². The Bertz CT molecular complexity index is 1070. The number of carbonyl (C=O) groups is 2. The van der Waals surface area contributed by atoms with Crippen LogP contribution in [0.3, 0.4) is 0 Å². The molecule has 1 saturated heterocycles. The second-order valence-corrected chi connectivity index (χ2v) is 9.71. The van der Waals surface area contributed by atoms with Gasteiger partial charge in [0.2, 0.25) is 0 Å². The van der Waals surface area contributed by atoms with Crippen molar-refractivity contribution in [3.05, 3.63) is 45.8 Å². The molecule has 2 spiro atoms. The van der Waals surface area contributed by atoms with Gasteiger partial charge in [0.15, 0.2) is 5.54 Å². The Morgan fingerprint density at radius 2 is 2.07 bits per heavy atom. The summed E-state index contributed by atoms with van der Waals surface area (Å²) in [5, 5.41) is 14.9. The quantitative estimate of drug-likeness (QED) is 0.351. The number of fused-ring (bicyclic) bond motifs is 3. The predicted molar refractivity (Wildman–Crippen MR) is 115 cm³/mol. The van der Waals surface area contributed by atoms with Crippen LogP contribution in [0.15, 0.2) is 29.1 Å². The van der Waals surface area contributed by atoms with E-state index < -0.39 is 17.0 Å². The van der Waals surface area contributed by atoms with Crippen molar-refractivity contribution in [3.8, 4) is 11.8 Å². The number of amides is 3. The van der Waals surface area contributed by atoms with Gasteiger partial charge in [-0.2, -0.15) is 0 Å². The predicted octanol–water partition coefficient (Wildman–Crippen LogP) is 3.38. The van der Waals surface area contributed by atoms with E-state index in [0.29, 0.717) is 37.3 Å². The molecule has 5 rings (SSSR count). The van der Waals surface area contributed by atoms with Gasteiger partial charge in [0, 0.05) is 22.6 Å². The summed E-state index contributed by atoms with van der Waals surface area (Å²) in [6, 6.07) is 5.65. The molecule has 0 aromatic heterocycles. The van der Waals surface area contributed by atoms with E-state index in [9.17, 15) is 9.59 Å². The Hall–Kier alpha value is -2.44. The molecule has 0 radical (unpaired) electrons. The second-order valence-electron chi connectivity index (χ2n) is 8.85. The fourth-order valence-corrected chi connectivity index (χ4v) is 5.54. The second kappa shape index (κ2) is 6.28. The first-order valence-corrected chi connectivity index (χ1v) is 10.7. The van der Waals surface area contributed by atoms with Gasteiger partial charge in [-0.3, -0.25) is 10.1 Å². The molecule has 3 N–H and O–H groups in total. The van der Waals surface area contributed by atoms with Crippen LogP contribution in [0.5, 0.6) is 0 Å². The molecule has 3 atom stereocenters. The van der Waals surface area contributed by atoms with Crippen LogP contribution in [0, 0.1) is 28.6 Å². The van der Waals surface area contributed by atoms with Crippen molar-refractivity contribution in [3.63, 3.8) is 0 Å². The summed E-state index contributed by atoms with van der Waals surface area (Å²) in [6.07, 6.45) is 4.94. The Kier molecular flexibility index (Phi) is 4.02. The fourth-order valence-electron chi connectivity index (χ4n) is 5.27. The zero-order valence-electron chi connectivity index (χ0n) is 16.4. The molecule has 148 valence electrons. The molecule has 1 aliphatic heterocycles. The van der Waals surface area contributed by atoms with Crippen LogP contribution in [0.4, 0.5) is 4.79 Å². The summed E-state index contributed by atoms with van der Waals surface area (Å²) < 4.78 is 0. The first kappa shape index (κ1) is 18.6. The van der Waals surface area contributed by atoms with E-state index in [0.717, 1.165) is 27.6 Å². The number of nitrogens with one attached hydrogen (secondary N) is 3. The van der Waals surface area contributed by atoms with E-state index in [1.165, 1.54) is 12.8 Å². The van der Waals surface area contributed by atoms with Gasteiger partial charge in [-0.25, -0.2) is 4.79 Å². The number of urea groups is 1. The summed E-state index contributed by atoms with van der Waals surface area (Å²) in [6.45, 7) is 1.99. The minimum absolute atomic E-state index is 0.275. The molecule has 4 aliphatic rings. The van der Waals surface area contributed by atoms with Crippen LogP contribution < -0.4 is 10.6 Å². The van der Waals surface area contributed by atoms with Gasteiger partial charge in [0.25, 0.3) is 5.91 Å². The maximum absolute atomic E-state index is 13.3. The molecule has 3 fully saturated rings.